The van der Waals surface area contributed by atoms with Crippen molar-refractivity contribution in [2.24, 2.45) is 0 Å². The molecule has 0 aromatic carbocycles. The number of Topliss-reactive ketones (excluding diaryl/α,β-unsaturated/α-hetero) is 1. The van der Waals surface area contributed by atoms with Gasteiger partial charge in [-0.2, -0.15) is 0 Å². The van der Waals surface area contributed by atoms with Gasteiger partial charge in [0, 0.05) is 37.5 Å². The number of carbonyl (C=O) groups excluding carboxylic acids is 1. The number of pyridine rings is 1. The molecule has 0 fully saturated rings. The highest BCUT2D eigenvalue weighted by Gasteiger charge is 2.03. The summed E-state index contributed by atoms with van der Waals surface area (Å²) in [6.07, 6.45) is 4.44. The highest BCUT2D eigenvalue weighted by atomic mass is 16.3. The van der Waals surface area contributed by atoms with E-state index in [1.165, 1.54) is 0 Å². The van der Waals surface area contributed by atoms with E-state index in [0.29, 0.717) is 18.5 Å². The lowest BCUT2D eigenvalue weighted by Crippen LogP contribution is -2.20. The number of aromatic nitrogens is 1. The summed E-state index contributed by atoms with van der Waals surface area (Å²) in [6.45, 7) is 1.59. The van der Waals surface area contributed by atoms with Crippen LogP contribution >= 0.6 is 0 Å². The summed E-state index contributed by atoms with van der Waals surface area (Å²) in [5, 5.41) is 11.6. The summed E-state index contributed by atoms with van der Waals surface area (Å²) in [5.74, 6) is 0.119. The molecule has 0 aliphatic rings. The fourth-order valence-electron chi connectivity index (χ4n) is 1.21. The molecular weight excluding hydrogens is 192 g/mol. The van der Waals surface area contributed by atoms with Gasteiger partial charge in [0.25, 0.3) is 0 Å². The molecule has 1 heterocycles. The zero-order valence-electron chi connectivity index (χ0n) is 8.65. The van der Waals surface area contributed by atoms with Crippen molar-refractivity contribution in [3.8, 4) is 0 Å². The maximum atomic E-state index is 11.6. The third-order valence-electron chi connectivity index (χ3n) is 2.04. The molecule has 0 spiro atoms. The van der Waals surface area contributed by atoms with E-state index in [9.17, 15) is 4.79 Å². The van der Waals surface area contributed by atoms with Gasteiger partial charge in [-0.15, -0.1) is 0 Å². The molecule has 0 bridgehead atoms. The Balaban J connectivity index is 2.20. The molecule has 0 unspecified atom stereocenters. The topological polar surface area (TPSA) is 62.2 Å². The maximum absolute atomic E-state index is 11.6. The number of hydrogen-bond donors (Lipinski definition) is 2. The van der Waals surface area contributed by atoms with Gasteiger partial charge in [-0.05, 0) is 25.1 Å². The summed E-state index contributed by atoms with van der Waals surface area (Å²) in [7, 11) is 0. The number of nitrogens with one attached hydrogen (secondary N) is 1. The third-order valence-corrected chi connectivity index (χ3v) is 2.04. The fraction of sp³-hybridized carbons (Fsp3) is 0.455. The van der Waals surface area contributed by atoms with Crippen molar-refractivity contribution in [3.63, 3.8) is 0 Å². The third kappa shape index (κ3) is 4.67. The number of nitrogens with zero attached hydrogens (tertiary/aromatic N) is 1. The zero-order valence-corrected chi connectivity index (χ0v) is 8.65. The molecule has 0 amide bonds. The second-order valence-electron chi connectivity index (χ2n) is 3.24. The zero-order chi connectivity index (χ0) is 10.9. The molecule has 15 heavy (non-hydrogen) atoms. The minimum absolute atomic E-state index is 0.119. The van der Waals surface area contributed by atoms with E-state index in [4.69, 9.17) is 5.11 Å². The summed E-state index contributed by atoms with van der Waals surface area (Å²) in [5.41, 5.74) is 0.703. The smallest absolute Gasteiger partial charge is 0.164 e. The number of ketones is 1. The van der Waals surface area contributed by atoms with Crippen molar-refractivity contribution >= 4 is 5.78 Å². The van der Waals surface area contributed by atoms with Gasteiger partial charge < -0.3 is 10.4 Å². The van der Waals surface area contributed by atoms with Crippen LogP contribution in [0.25, 0.3) is 0 Å². The van der Waals surface area contributed by atoms with E-state index >= 15 is 0 Å². The van der Waals surface area contributed by atoms with Crippen LogP contribution in [0.2, 0.25) is 0 Å². The molecule has 0 radical (unpaired) electrons. The predicted octanol–water partition coefficient (Wildman–Crippen LogP) is 0.626. The maximum Gasteiger partial charge on any atom is 0.164 e. The lowest BCUT2D eigenvalue weighted by atomic mass is 10.1. The molecule has 0 aliphatic carbocycles. The Kier molecular flexibility index (Phi) is 5.58. The van der Waals surface area contributed by atoms with Crippen LogP contribution in [-0.4, -0.2) is 35.6 Å². The van der Waals surface area contributed by atoms with E-state index in [1.54, 1.807) is 24.5 Å². The quantitative estimate of drug-likeness (QED) is 0.509. The van der Waals surface area contributed by atoms with Crippen molar-refractivity contribution in [3.05, 3.63) is 30.1 Å². The van der Waals surface area contributed by atoms with Crippen LogP contribution in [0.3, 0.4) is 0 Å². The highest BCUT2D eigenvalue weighted by Crippen LogP contribution is 2.00. The average Bonchev–Trinajstić information content (AvgIpc) is 2.30. The lowest BCUT2D eigenvalue weighted by molar-refractivity contribution is 0.0982. The predicted molar refractivity (Wildman–Crippen MR) is 57.8 cm³/mol. The minimum atomic E-state index is 0.119. The van der Waals surface area contributed by atoms with Crippen LogP contribution in [0.1, 0.15) is 23.2 Å². The molecule has 4 nitrogen and oxygen atoms in total. The number of carbonyl (C=O) groups is 1. The molecule has 82 valence electrons. The van der Waals surface area contributed by atoms with Crippen LogP contribution in [0.4, 0.5) is 0 Å². The minimum Gasteiger partial charge on any atom is -0.396 e. The fourth-order valence-corrected chi connectivity index (χ4v) is 1.21. The monoisotopic (exact) mass is 208 g/mol. The molecule has 2 N–H and O–H groups in total. The van der Waals surface area contributed by atoms with Crippen LogP contribution < -0.4 is 5.32 Å². The lowest BCUT2D eigenvalue weighted by Gasteiger charge is -2.02. The van der Waals surface area contributed by atoms with Crippen molar-refractivity contribution < 1.29 is 9.90 Å². The Bertz CT molecular complexity index is 288. The van der Waals surface area contributed by atoms with Crippen LogP contribution in [0.5, 0.6) is 0 Å². The first-order valence-corrected chi connectivity index (χ1v) is 5.09. The van der Waals surface area contributed by atoms with Crippen LogP contribution in [0, 0.1) is 0 Å². The Morgan fingerprint density at radius 2 is 2.07 bits per heavy atom. The van der Waals surface area contributed by atoms with Gasteiger partial charge >= 0.3 is 0 Å². The number of aliphatic hydroxyl groups is 1. The number of aliphatic hydroxyl groups excluding tert-OH is 1. The average molecular weight is 208 g/mol. The van der Waals surface area contributed by atoms with Gasteiger partial charge in [-0.25, -0.2) is 0 Å². The molecule has 1 rings (SSSR count). The second-order valence-corrected chi connectivity index (χ2v) is 3.24. The molecular formula is C11H16N2O2. The number of rotatable bonds is 7. The van der Waals surface area contributed by atoms with Gasteiger partial charge in [-0.3, -0.25) is 9.78 Å². The summed E-state index contributed by atoms with van der Waals surface area (Å²) >= 11 is 0. The molecule has 0 aliphatic heterocycles. The first-order valence-electron chi connectivity index (χ1n) is 5.09. The Morgan fingerprint density at radius 1 is 1.33 bits per heavy atom. The first kappa shape index (κ1) is 11.8. The highest BCUT2D eigenvalue weighted by molar-refractivity contribution is 5.95. The van der Waals surface area contributed by atoms with Crippen molar-refractivity contribution in [1.82, 2.24) is 10.3 Å². The second kappa shape index (κ2) is 7.09. The van der Waals surface area contributed by atoms with E-state index in [1.807, 2.05) is 0 Å². The molecule has 4 heteroatoms. The Morgan fingerprint density at radius 3 is 2.73 bits per heavy atom. The summed E-state index contributed by atoms with van der Waals surface area (Å²) in [6, 6.07) is 3.44. The Hall–Kier alpha value is -1.26. The van der Waals surface area contributed by atoms with Crippen LogP contribution in [-0.2, 0) is 0 Å². The van der Waals surface area contributed by atoms with E-state index in [0.717, 1.165) is 13.0 Å². The molecule has 1 aromatic heterocycles. The molecule has 0 atom stereocenters. The van der Waals surface area contributed by atoms with Gasteiger partial charge in [0.05, 0.1) is 0 Å². The molecule has 0 saturated heterocycles. The first-order chi connectivity index (χ1) is 7.34. The van der Waals surface area contributed by atoms with Gasteiger partial charge in [-0.1, -0.05) is 0 Å². The van der Waals surface area contributed by atoms with Crippen molar-refractivity contribution in [2.45, 2.75) is 12.8 Å². The van der Waals surface area contributed by atoms with Gasteiger partial charge in [0.15, 0.2) is 5.78 Å². The Labute approximate surface area is 89.3 Å². The van der Waals surface area contributed by atoms with Crippen LogP contribution in [0.15, 0.2) is 24.5 Å². The van der Waals surface area contributed by atoms with Gasteiger partial charge in [0.1, 0.15) is 0 Å². The van der Waals surface area contributed by atoms with Gasteiger partial charge in [0.2, 0.25) is 0 Å². The normalized spacial score (nSPS) is 10.2. The van der Waals surface area contributed by atoms with Crippen molar-refractivity contribution in [1.29, 1.82) is 0 Å². The van der Waals surface area contributed by atoms with E-state index < -0.39 is 0 Å². The largest absolute Gasteiger partial charge is 0.396 e. The molecule has 0 saturated carbocycles. The standard InChI is InChI=1S/C11H16N2O2/c14-9-1-5-12-8-4-11(15)10-2-6-13-7-3-10/h2-3,6-7,12,14H,1,4-5,8-9H2. The van der Waals surface area contributed by atoms with E-state index in [2.05, 4.69) is 10.3 Å². The molecule has 1 aromatic rings. The SMILES string of the molecule is O=C(CCNCCCO)c1ccncc1. The van der Waals surface area contributed by atoms with E-state index in [-0.39, 0.29) is 12.4 Å². The number of hydrogen-bond acceptors (Lipinski definition) is 4. The van der Waals surface area contributed by atoms with Crippen molar-refractivity contribution in [2.75, 3.05) is 19.7 Å². The summed E-state index contributed by atoms with van der Waals surface area (Å²) in [4.78, 5) is 15.4. The summed E-state index contributed by atoms with van der Waals surface area (Å²) < 4.78 is 0.